The Morgan fingerprint density at radius 2 is 2.06 bits per heavy atom. The molecule has 0 radical (unpaired) electrons. The van der Waals surface area contributed by atoms with Crippen molar-refractivity contribution in [3.05, 3.63) is 16.0 Å². The first-order chi connectivity index (χ1) is 8.13. The Labute approximate surface area is 108 Å². The van der Waals surface area contributed by atoms with E-state index in [1.807, 2.05) is 0 Å². The summed E-state index contributed by atoms with van der Waals surface area (Å²) in [6.45, 7) is 0. The van der Waals surface area contributed by atoms with E-state index in [9.17, 15) is 14.7 Å². The summed E-state index contributed by atoms with van der Waals surface area (Å²) in [6, 6.07) is 0. The second kappa shape index (κ2) is 5.06. The van der Waals surface area contributed by atoms with Gasteiger partial charge in [-0.05, 0) is 31.2 Å². The zero-order valence-electron chi connectivity index (χ0n) is 9.05. The number of carbonyl (C=O) groups excluding carboxylic acids is 2. The average molecular weight is 273 g/mol. The highest BCUT2D eigenvalue weighted by Gasteiger charge is 2.22. The van der Waals surface area contributed by atoms with Crippen LogP contribution in [0.1, 0.15) is 33.6 Å². The molecule has 1 aromatic heterocycles. The fourth-order valence-electron chi connectivity index (χ4n) is 2.03. The number of amides is 1. The molecule has 1 amide bonds. The maximum atomic E-state index is 11.2. The molecule has 0 saturated heterocycles. The van der Waals surface area contributed by atoms with Gasteiger partial charge < -0.3 is 15.2 Å². The molecule has 0 bridgehead atoms. The van der Waals surface area contributed by atoms with E-state index in [4.69, 9.17) is 11.6 Å². The van der Waals surface area contributed by atoms with Gasteiger partial charge in [-0.3, -0.25) is 4.79 Å². The van der Waals surface area contributed by atoms with E-state index < -0.39 is 11.9 Å². The molecule has 92 valence electrons. The summed E-state index contributed by atoms with van der Waals surface area (Å²) in [5, 5.41) is 14.0. The van der Waals surface area contributed by atoms with Gasteiger partial charge in [0.1, 0.15) is 10.9 Å². The predicted octanol–water partition coefficient (Wildman–Crippen LogP) is 1.17. The highest BCUT2D eigenvalue weighted by Crippen LogP contribution is 2.37. The summed E-state index contributed by atoms with van der Waals surface area (Å²) in [4.78, 5) is 23.4. The van der Waals surface area contributed by atoms with Crippen LogP contribution in [0.15, 0.2) is 0 Å². The first-order valence-electron chi connectivity index (χ1n) is 5.35. The van der Waals surface area contributed by atoms with Crippen LogP contribution in [0, 0.1) is 0 Å². The average Bonchev–Trinajstić information content (AvgIpc) is 2.66. The standard InChI is InChI=1S/C11H12ClNO3S/c12-5-8(14)13-10-9(11(15)16)6-3-1-2-4-7(6)17-10/h1-5H2,(H,13,14)(H,15,16)/p-1. The van der Waals surface area contributed by atoms with Crippen molar-refractivity contribution in [2.75, 3.05) is 11.2 Å². The van der Waals surface area contributed by atoms with Crippen LogP contribution in [-0.2, 0) is 17.6 Å². The topological polar surface area (TPSA) is 69.2 Å². The molecule has 1 aliphatic carbocycles. The molecule has 1 aromatic rings. The normalized spacial score (nSPS) is 14.2. The molecular weight excluding hydrogens is 262 g/mol. The minimum Gasteiger partial charge on any atom is -0.545 e. The van der Waals surface area contributed by atoms with E-state index in [1.54, 1.807) is 0 Å². The van der Waals surface area contributed by atoms with Crippen molar-refractivity contribution in [3.8, 4) is 0 Å². The number of carbonyl (C=O) groups is 2. The predicted molar refractivity (Wildman–Crippen MR) is 64.6 cm³/mol. The van der Waals surface area contributed by atoms with E-state index >= 15 is 0 Å². The van der Waals surface area contributed by atoms with Gasteiger partial charge in [-0.25, -0.2) is 0 Å². The number of carboxylic acids is 1. The SMILES string of the molecule is O=C(CCl)Nc1sc2c(c1C(=O)[O-])CCCC2. The lowest BCUT2D eigenvalue weighted by atomic mass is 9.95. The lowest BCUT2D eigenvalue weighted by Crippen LogP contribution is -2.25. The monoisotopic (exact) mass is 272 g/mol. The Bertz CT molecular complexity index is 470. The van der Waals surface area contributed by atoms with Crippen molar-refractivity contribution in [2.45, 2.75) is 25.7 Å². The van der Waals surface area contributed by atoms with E-state index in [0.29, 0.717) is 5.00 Å². The molecule has 1 heterocycles. The minimum absolute atomic E-state index is 0.142. The van der Waals surface area contributed by atoms with Crippen LogP contribution in [0.2, 0.25) is 0 Å². The molecule has 0 unspecified atom stereocenters. The summed E-state index contributed by atoms with van der Waals surface area (Å²) in [6.07, 6.45) is 3.65. The number of halogens is 1. The maximum absolute atomic E-state index is 11.2. The number of anilines is 1. The second-order valence-corrected chi connectivity index (χ2v) is 5.26. The molecule has 0 saturated carbocycles. The van der Waals surface area contributed by atoms with Crippen LogP contribution >= 0.6 is 22.9 Å². The molecular formula is C11H11ClNO3S-. The Kier molecular flexibility index (Phi) is 3.69. The lowest BCUT2D eigenvalue weighted by molar-refractivity contribution is -0.254. The molecule has 6 heteroatoms. The number of aromatic carboxylic acids is 1. The number of fused-ring (bicyclic) bond motifs is 1. The number of carboxylic acid groups (broad SMARTS) is 1. The van der Waals surface area contributed by atoms with Crippen molar-refractivity contribution in [3.63, 3.8) is 0 Å². The molecule has 2 rings (SSSR count). The smallest absolute Gasteiger partial charge is 0.239 e. The molecule has 0 atom stereocenters. The van der Waals surface area contributed by atoms with Gasteiger partial charge in [-0.2, -0.15) is 0 Å². The largest absolute Gasteiger partial charge is 0.545 e. The van der Waals surface area contributed by atoms with Crippen molar-refractivity contribution >= 4 is 39.8 Å². The molecule has 1 N–H and O–H groups in total. The van der Waals surface area contributed by atoms with Gasteiger partial charge in [0.25, 0.3) is 0 Å². The molecule has 4 nitrogen and oxygen atoms in total. The molecule has 0 spiro atoms. The van der Waals surface area contributed by atoms with Gasteiger partial charge in [-0.15, -0.1) is 22.9 Å². The Morgan fingerprint density at radius 3 is 2.71 bits per heavy atom. The summed E-state index contributed by atoms with van der Waals surface area (Å²) in [5.41, 5.74) is 0.967. The third-order valence-corrected chi connectivity index (χ3v) is 4.20. The molecule has 0 aliphatic heterocycles. The number of hydrogen-bond acceptors (Lipinski definition) is 4. The van der Waals surface area contributed by atoms with Crippen LogP contribution in [0.4, 0.5) is 5.00 Å². The maximum Gasteiger partial charge on any atom is 0.239 e. The minimum atomic E-state index is -1.23. The first-order valence-corrected chi connectivity index (χ1v) is 6.70. The molecule has 17 heavy (non-hydrogen) atoms. The quantitative estimate of drug-likeness (QED) is 0.840. The van der Waals surface area contributed by atoms with Crippen LogP contribution < -0.4 is 10.4 Å². The van der Waals surface area contributed by atoms with Crippen LogP contribution in [0.5, 0.6) is 0 Å². The van der Waals surface area contributed by atoms with Gasteiger partial charge in [0, 0.05) is 10.4 Å². The van der Waals surface area contributed by atoms with Crippen molar-refractivity contribution < 1.29 is 14.7 Å². The highest BCUT2D eigenvalue weighted by molar-refractivity contribution is 7.17. The summed E-state index contributed by atoms with van der Waals surface area (Å²) in [7, 11) is 0. The molecule has 0 fully saturated rings. The highest BCUT2D eigenvalue weighted by atomic mass is 35.5. The van der Waals surface area contributed by atoms with Crippen molar-refractivity contribution in [1.29, 1.82) is 0 Å². The van der Waals surface area contributed by atoms with E-state index in [0.717, 1.165) is 36.1 Å². The van der Waals surface area contributed by atoms with Crippen LogP contribution in [0.3, 0.4) is 0 Å². The van der Waals surface area contributed by atoms with Crippen molar-refractivity contribution in [2.24, 2.45) is 0 Å². The Morgan fingerprint density at radius 1 is 1.35 bits per heavy atom. The van der Waals surface area contributed by atoms with E-state index in [2.05, 4.69) is 5.32 Å². The van der Waals surface area contributed by atoms with Gasteiger partial charge >= 0.3 is 0 Å². The zero-order chi connectivity index (χ0) is 12.4. The first kappa shape index (κ1) is 12.4. The summed E-state index contributed by atoms with van der Waals surface area (Å²) < 4.78 is 0. The summed E-state index contributed by atoms with van der Waals surface area (Å²) >= 11 is 6.71. The fourth-order valence-corrected chi connectivity index (χ4v) is 3.39. The third-order valence-electron chi connectivity index (χ3n) is 2.75. The number of rotatable bonds is 3. The summed E-state index contributed by atoms with van der Waals surface area (Å²) in [5.74, 6) is -1.81. The van der Waals surface area contributed by atoms with Crippen molar-refractivity contribution in [1.82, 2.24) is 0 Å². The van der Waals surface area contributed by atoms with E-state index in [-0.39, 0.29) is 11.4 Å². The number of alkyl halides is 1. The third kappa shape index (κ3) is 2.45. The number of thiophene rings is 1. The molecule has 0 aromatic carbocycles. The van der Waals surface area contributed by atoms with E-state index in [1.165, 1.54) is 11.3 Å². The van der Waals surface area contributed by atoms with Crippen LogP contribution in [0.25, 0.3) is 0 Å². The number of hydrogen-bond donors (Lipinski definition) is 1. The second-order valence-electron chi connectivity index (χ2n) is 3.88. The van der Waals surface area contributed by atoms with Gasteiger partial charge in [0.2, 0.25) is 5.91 Å². The molecule has 1 aliphatic rings. The number of nitrogens with one attached hydrogen (secondary N) is 1. The van der Waals surface area contributed by atoms with Gasteiger partial charge in [-0.1, -0.05) is 0 Å². The fraction of sp³-hybridized carbons (Fsp3) is 0.455. The Hall–Kier alpha value is -1.07. The van der Waals surface area contributed by atoms with Crippen LogP contribution in [-0.4, -0.2) is 17.8 Å². The van der Waals surface area contributed by atoms with Gasteiger partial charge in [0.05, 0.1) is 5.97 Å². The zero-order valence-corrected chi connectivity index (χ0v) is 10.6. The Balaban J connectivity index is 2.40. The van der Waals surface area contributed by atoms with Gasteiger partial charge in [0.15, 0.2) is 0 Å². The number of aryl methyl sites for hydroxylation is 1. The lowest BCUT2D eigenvalue weighted by Gasteiger charge is -2.13.